The molecule has 0 unspecified atom stereocenters. The van der Waals surface area contributed by atoms with E-state index in [-0.39, 0.29) is 13.2 Å². The summed E-state index contributed by atoms with van der Waals surface area (Å²) in [6, 6.07) is 16.8. The predicted molar refractivity (Wildman–Crippen MR) is 162 cm³/mol. The lowest BCUT2D eigenvalue weighted by atomic mass is 10.1. The average Bonchev–Trinajstić information content (AvgIpc) is 2.94. The molecule has 0 fully saturated rings. The highest BCUT2D eigenvalue weighted by molar-refractivity contribution is 7.79. The maximum atomic E-state index is 9.06. The molecule has 0 heterocycles. The summed E-state index contributed by atoms with van der Waals surface area (Å²) in [5, 5.41) is 18.1. The van der Waals surface area contributed by atoms with Crippen molar-refractivity contribution in [3.63, 3.8) is 0 Å². The third kappa shape index (κ3) is 12.1. The van der Waals surface area contributed by atoms with Crippen molar-refractivity contribution in [1.29, 1.82) is 0 Å². The van der Waals surface area contributed by atoms with E-state index in [0.717, 1.165) is 61.1 Å². The van der Waals surface area contributed by atoms with Gasteiger partial charge in [0.1, 0.15) is 11.4 Å². The summed E-state index contributed by atoms with van der Waals surface area (Å²) >= 11 is 0. The highest BCUT2D eigenvalue weighted by atomic mass is 32.3. The van der Waals surface area contributed by atoms with Gasteiger partial charge in [-0.15, -0.1) is 0 Å². The SMILES string of the molecule is C=Cc1ccccc1[N+](CC)(CC)CCCO.C=Cc1ccccc1[N+](CC)(CC)CCCO.O=S(=O)([O-])[O-]. The van der Waals surface area contributed by atoms with Gasteiger partial charge in [-0.2, -0.15) is 0 Å². The van der Waals surface area contributed by atoms with Gasteiger partial charge in [0.05, 0.1) is 39.3 Å². The Hall–Kier alpha value is -2.37. The minimum atomic E-state index is -5.17. The van der Waals surface area contributed by atoms with Gasteiger partial charge in [0.25, 0.3) is 0 Å². The molecule has 0 amide bonds. The van der Waals surface area contributed by atoms with Gasteiger partial charge in [0, 0.05) is 47.6 Å². The van der Waals surface area contributed by atoms with Crippen molar-refractivity contribution in [2.75, 3.05) is 52.5 Å². The molecule has 39 heavy (non-hydrogen) atoms. The lowest BCUT2D eigenvalue weighted by Crippen LogP contribution is -2.50. The van der Waals surface area contributed by atoms with Crippen molar-refractivity contribution < 1.29 is 27.7 Å². The first kappa shape index (κ1) is 36.6. The number of hydrogen-bond acceptors (Lipinski definition) is 6. The normalized spacial score (nSPS) is 11.5. The lowest BCUT2D eigenvalue weighted by Gasteiger charge is -2.37. The molecule has 0 aliphatic rings. The maximum Gasteiger partial charge on any atom is 0.140 e. The van der Waals surface area contributed by atoms with Crippen molar-refractivity contribution in [2.24, 2.45) is 0 Å². The molecule has 0 atom stereocenters. The highest BCUT2D eigenvalue weighted by Gasteiger charge is 2.28. The molecular weight excluding hydrogens is 516 g/mol. The first-order valence-electron chi connectivity index (χ1n) is 13.5. The Balaban J connectivity index is 0.000000632. The minimum Gasteiger partial charge on any atom is -0.759 e. The van der Waals surface area contributed by atoms with E-state index in [4.69, 9.17) is 27.7 Å². The largest absolute Gasteiger partial charge is 0.759 e. The van der Waals surface area contributed by atoms with Crippen LogP contribution in [-0.2, 0) is 10.4 Å². The van der Waals surface area contributed by atoms with Gasteiger partial charge < -0.3 is 19.3 Å². The third-order valence-corrected chi connectivity index (χ3v) is 7.25. The van der Waals surface area contributed by atoms with Crippen LogP contribution in [0.3, 0.4) is 0 Å². The Bertz CT molecular complexity index is 1000. The van der Waals surface area contributed by atoms with Crippen molar-refractivity contribution in [3.8, 4) is 0 Å². The number of benzene rings is 2. The van der Waals surface area contributed by atoms with E-state index in [2.05, 4.69) is 77.3 Å². The van der Waals surface area contributed by atoms with E-state index < -0.39 is 10.4 Å². The zero-order valence-electron chi connectivity index (χ0n) is 24.1. The topological polar surface area (TPSA) is 121 Å². The molecule has 0 aliphatic carbocycles. The van der Waals surface area contributed by atoms with Gasteiger partial charge in [-0.3, -0.25) is 17.4 Å². The second kappa shape index (κ2) is 18.8. The van der Waals surface area contributed by atoms with Crippen LogP contribution in [0.2, 0.25) is 0 Å². The number of hydrogen-bond donors (Lipinski definition) is 2. The zero-order chi connectivity index (χ0) is 30.0. The molecule has 2 aromatic carbocycles. The maximum absolute atomic E-state index is 9.06. The number of nitrogens with zero attached hydrogens (tertiary/aromatic N) is 2. The molecule has 0 radical (unpaired) electrons. The molecular formula is C30H48N2O6S. The third-order valence-electron chi connectivity index (χ3n) is 7.25. The smallest absolute Gasteiger partial charge is 0.140 e. The summed E-state index contributed by atoms with van der Waals surface area (Å²) in [4.78, 5) is 0. The van der Waals surface area contributed by atoms with Gasteiger partial charge in [-0.1, -0.05) is 49.6 Å². The average molecular weight is 565 g/mol. The van der Waals surface area contributed by atoms with E-state index in [1.165, 1.54) is 22.5 Å². The van der Waals surface area contributed by atoms with Crippen molar-refractivity contribution >= 4 is 33.9 Å². The Morgan fingerprint density at radius 2 is 0.974 bits per heavy atom. The molecule has 0 bridgehead atoms. The van der Waals surface area contributed by atoms with Gasteiger partial charge in [-0.05, 0) is 52.0 Å². The Kier molecular flexibility index (Phi) is 17.7. The quantitative estimate of drug-likeness (QED) is 0.194. The van der Waals surface area contributed by atoms with Crippen LogP contribution in [0.5, 0.6) is 0 Å². The van der Waals surface area contributed by atoms with E-state index in [1.807, 2.05) is 24.3 Å². The molecule has 0 aromatic heterocycles. The minimum absolute atomic E-state index is 0.260. The summed E-state index contributed by atoms with van der Waals surface area (Å²) < 4.78 is 35.9. The number of aliphatic hydroxyl groups excluding tert-OH is 2. The number of quaternary nitrogens is 2. The van der Waals surface area contributed by atoms with Gasteiger partial charge in [0.2, 0.25) is 0 Å². The number of aliphatic hydroxyl groups is 2. The molecule has 0 saturated heterocycles. The molecule has 220 valence electrons. The molecule has 0 saturated carbocycles. The van der Waals surface area contributed by atoms with E-state index in [1.54, 1.807) is 0 Å². The molecule has 2 rings (SSSR count). The van der Waals surface area contributed by atoms with Crippen LogP contribution in [0.25, 0.3) is 12.2 Å². The van der Waals surface area contributed by atoms with E-state index in [9.17, 15) is 0 Å². The van der Waals surface area contributed by atoms with Crippen LogP contribution in [-0.4, -0.2) is 80.2 Å². The molecule has 2 N–H and O–H groups in total. The second-order valence-electron chi connectivity index (χ2n) is 9.09. The van der Waals surface area contributed by atoms with E-state index in [0.29, 0.717) is 0 Å². The fraction of sp³-hybridized carbons (Fsp3) is 0.467. The van der Waals surface area contributed by atoms with Crippen LogP contribution in [0.15, 0.2) is 61.7 Å². The van der Waals surface area contributed by atoms with E-state index >= 15 is 0 Å². The molecule has 9 heteroatoms. The summed E-state index contributed by atoms with van der Waals surface area (Å²) in [6.07, 6.45) is 5.53. The van der Waals surface area contributed by atoms with Crippen LogP contribution in [0.1, 0.15) is 51.7 Å². The number of para-hydroxylation sites is 2. The summed E-state index contributed by atoms with van der Waals surface area (Å²) in [5.74, 6) is 0. The standard InChI is InChI=1S/2C15H24NO.H2O4S/c2*1-4-14-10-7-8-11-15(14)16(5-2,6-3)12-9-13-17;1-5(2,3)4/h2*4,7-8,10-11,17H,1,5-6,9,12-13H2,2-3H3;(H2,1,2,3,4)/q2*+1;/p-2. The molecule has 0 aliphatic heterocycles. The summed E-state index contributed by atoms with van der Waals surface area (Å²) in [7, 11) is -5.17. The summed E-state index contributed by atoms with van der Waals surface area (Å²) in [5.41, 5.74) is 5.05. The second-order valence-corrected chi connectivity index (χ2v) is 9.91. The van der Waals surface area contributed by atoms with Crippen LogP contribution < -0.4 is 8.97 Å². The van der Waals surface area contributed by atoms with Crippen LogP contribution >= 0.6 is 0 Å². The van der Waals surface area contributed by atoms with Crippen LogP contribution in [0, 0.1) is 0 Å². The number of rotatable bonds is 14. The first-order chi connectivity index (χ1) is 18.5. The lowest BCUT2D eigenvalue weighted by molar-refractivity contribution is 0.235. The van der Waals surface area contributed by atoms with Crippen molar-refractivity contribution in [2.45, 2.75) is 40.5 Å². The summed E-state index contributed by atoms with van der Waals surface area (Å²) in [6.45, 7) is 23.3. The Morgan fingerprint density at radius 3 is 1.21 bits per heavy atom. The Labute approximate surface area is 236 Å². The predicted octanol–water partition coefficient (Wildman–Crippen LogP) is 4.78. The zero-order valence-corrected chi connectivity index (χ0v) is 24.9. The van der Waals surface area contributed by atoms with Gasteiger partial charge in [0.15, 0.2) is 0 Å². The molecule has 8 nitrogen and oxygen atoms in total. The Morgan fingerprint density at radius 1 is 0.692 bits per heavy atom. The fourth-order valence-electron chi connectivity index (χ4n) is 4.93. The van der Waals surface area contributed by atoms with Crippen LogP contribution in [0.4, 0.5) is 11.4 Å². The molecule has 0 spiro atoms. The van der Waals surface area contributed by atoms with Gasteiger partial charge in [-0.25, -0.2) is 0 Å². The first-order valence-corrected chi connectivity index (χ1v) is 14.9. The van der Waals surface area contributed by atoms with Crippen molar-refractivity contribution in [1.82, 2.24) is 8.97 Å². The highest BCUT2D eigenvalue weighted by Crippen LogP contribution is 2.29. The monoisotopic (exact) mass is 564 g/mol. The fourth-order valence-corrected chi connectivity index (χ4v) is 4.93. The molecule has 2 aromatic rings. The van der Waals surface area contributed by atoms with Gasteiger partial charge >= 0.3 is 0 Å². The van der Waals surface area contributed by atoms with Crippen molar-refractivity contribution in [3.05, 3.63) is 72.8 Å².